The molecule has 0 aliphatic rings. The molecule has 88 valence electrons. The third-order valence-electron chi connectivity index (χ3n) is 2.33. The van der Waals surface area contributed by atoms with Crippen molar-refractivity contribution in [3.05, 3.63) is 35.5 Å². The zero-order chi connectivity index (χ0) is 12.3. The van der Waals surface area contributed by atoms with E-state index in [-0.39, 0.29) is 5.91 Å². The van der Waals surface area contributed by atoms with Crippen LogP contribution in [0.3, 0.4) is 0 Å². The predicted octanol–water partition coefficient (Wildman–Crippen LogP) is 1.85. The van der Waals surface area contributed by atoms with Crippen molar-refractivity contribution < 1.29 is 4.79 Å². The van der Waals surface area contributed by atoms with E-state index >= 15 is 0 Å². The highest BCUT2D eigenvalue weighted by Crippen LogP contribution is 2.19. The van der Waals surface area contributed by atoms with Crippen molar-refractivity contribution >= 4 is 27.7 Å². The topological polar surface area (TPSA) is 66.9 Å². The van der Waals surface area contributed by atoms with Gasteiger partial charge in [-0.05, 0) is 37.5 Å². The molecular formula is C11H12N4OS. The van der Waals surface area contributed by atoms with Crippen LogP contribution in [-0.2, 0) is 0 Å². The van der Waals surface area contributed by atoms with Crippen LogP contribution in [0.25, 0.3) is 10.2 Å². The molecule has 2 rings (SSSR count). The molecule has 1 heterocycles. The minimum atomic E-state index is -0.192. The van der Waals surface area contributed by atoms with Gasteiger partial charge in [-0.25, -0.2) is 0 Å². The number of carbonyl (C=O) groups excluding carboxylic acids is 1. The number of nitrogens with one attached hydrogen (secondary N) is 2. The van der Waals surface area contributed by atoms with Gasteiger partial charge in [0.05, 0.1) is 10.3 Å². The smallest absolute Gasteiger partial charge is 0.271 e. The van der Waals surface area contributed by atoms with Crippen LogP contribution < -0.4 is 10.9 Å². The number of hydrazine groups is 1. The maximum atomic E-state index is 11.9. The minimum Gasteiger partial charge on any atom is -0.303 e. The molecule has 5 nitrogen and oxygen atoms in total. The Labute approximate surface area is 103 Å². The van der Waals surface area contributed by atoms with Crippen LogP contribution in [0.1, 0.15) is 24.2 Å². The van der Waals surface area contributed by atoms with E-state index in [0.29, 0.717) is 5.56 Å². The highest BCUT2D eigenvalue weighted by molar-refractivity contribution is 7.13. The lowest BCUT2D eigenvalue weighted by Gasteiger charge is -2.08. The summed E-state index contributed by atoms with van der Waals surface area (Å²) in [7, 11) is 0. The fraction of sp³-hybridized carbons (Fsp3) is 0.182. The number of nitrogens with zero attached hydrogens (tertiary/aromatic N) is 2. The van der Waals surface area contributed by atoms with Crippen molar-refractivity contribution in [1.82, 2.24) is 20.4 Å². The second-order valence-corrected chi connectivity index (χ2v) is 4.23. The number of rotatable bonds is 3. The van der Waals surface area contributed by atoms with Crippen molar-refractivity contribution in [3.8, 4) is 0 Å². The van der Waals surface area contributed by atoms with Crippen molar-refractivity contribution in [2.45, 2.75) is 13.8 Å². The third-order valence-corrected chi connectivity index (χ3v) is 3.10. The summed E-state index contributed by atoms with van der Waals surface area (Å²) in [5.74, 6) is -0.192. The van der Waals surface area contributed by atoms with Gasteiger partial charge in [-0.3, -0.25) is 10.2 Å². The van der Waals surface area contributed by atoms with Gasteiger partial charge in [-0.1, -0.05) is 16.6 Å². The van der Waals surface area contributed by atoms with Crippen LogP contribution in [0.15, 0.2) is 30.0 Å². The van der Waals surface area contributed by atoms with Gasteiger partial charge in [-0.2, -0.15) is 0 Å². The second-order valence-electron chi connectivity index (χ2n) is 3.48. The van der Waals surface area contributed by atoms with E-state index in [9.17, 15) is 4.79 Å². The Bertz CT molecular complexity index is 576. The molecule has 0 aliphatic heterocycles. The molecule has 6 heteroatoms. The Kier molecular flexibility index (Phi) is 3.34. The van der Waals surface area contributed by atoms with Crippen LogP contribution in [0.4, 0.5) is 0 Å². The molecule has 0 unspecified atom stereocenters. The summed E-state index contributed by atoms with van der Waals surface area (Å²) in [4.78, 5) is 11.9. The molecule has 2 N–H and O–H groups in total. The monoisotopic (exact) mass is 248 g/mol. The van der Waals surface area contributed by atoms with Gasteiger partial charge < -0.3 is 5.43 Å². The van der Waals surface area contributed by atoms with Gasteiger partial charge in [0.15, 0.2) is 0 Å². The van der Waals surface area contributed by atoms with Gasteiger partial charge in [-0.15, -0.1) is 5.10 Å². The Balaban J connectivity index is 2.22. The number of carbonyl (C=O) groups is 1. The summed E-state index contributed by atoms with van der Waals surface area (Å²) in [6.45, 7) is 3.76. The van der Waals surface area contributed by atoms with Crippen molar-refractivity contribution in [3.63, 3.8) is 0 Å². The molecule has 0 radical (unpaired) electrons. The summed E-state index contributed by atoms with van der Waals surface area (Å²) >= 11 is 1.22. The lowest BCUT2D eigenvalue weighted by Crippen LogP contribution is -2.35. The first-order chi connectivity index (χ1) is 8.22. The number of amides is 1. The highest BCUT2D eigenvalue weighted by Gasteiger charge is 2.11. The van der Waals surface area contributed by atoms with E-state index in [2.05, 4.69) is 20.4 Å². The number of fused-ring (bicyclic) bond motifs is 1. The largest absolute Gasteiger partial charge is 0.303 e. The summed E-state index contributed by atoms with van der Waals surface area (Å²) in [6.07, 6.45) is 1.87. The van der Waals surface area contributed by atoms with Crippen molar-refractivity contribution in [2.75, 3.05) is 0 Å². The van der Waals surface area contributed by atoms with Crippen LogP contribution in [0.2, 0.25) is 0 Å². The van der Waals surface area contributed by atoms with E-state index in [1.165, 1.54) is 11.5 Å². The number of allylic oxidation sites excluding steroid dienone is 2. The molecule has 0 saturated heterocycles. The average molecular weight is 248 g/mol. The zero-order valence-corrected chi connectivity index (χ0v) is 10.3. The number of hydrogen-bond acceptors (Lipinski definition) is 5. The molecule has 0 bridgehead atoms. The lowest BCUT2D eigenvalue weighted by atomic mass is 10.2. The van der Waals surface area contributed by atoms with E-state index in [1.54, 1.807) is 12.1 Å². The Morgan fingerprint density at radius 2 is 2.24 bits per heavy atom. The predicted molar refractivity (Wildman–Crippen MR) is 67.4 cm³/mol. The summed E-state index contributed by atoms with van der Waals surface area (Å²) in [5, 5.41) is 3.93. The number of benzene rings is 1. The third kappa shape index (κ3) is 2.42. The van der Waals surface area contributed by atoms with E-state index in [0.717, 1.165) is 15.9 Å². The van der Waals surface area contributed by atoms with Crippen LogP contribution in [-0.4, -0.2) is 15.5 Å². The summed E-state index contributed by atoms with van der Waals surface area (Å²) in [6, 6.07) is 5.38. The van der Waals surface area contributed by atoms with Gasteiger partial charge in [0.1, 0.15) is 5.52 Å². The fourth-order valence-electron chi connectivity index (χ4n) is 1.28. The maximum absolute atomic E-state index is 11.9. The summed E-state index contributed by atoms with van der Waals surface area (Å²) < 4.78 is 4.63. The zero-order valence-electron chi connectivity index (χ0n) is 9.52. The number of aromatic nitrogens is 2. The molecule has 0 spiro atoms. The molecule has 1 amide bonds. The van der Waals surface area contributed by atoms with E-state index in [1.807, 2.05) is 26.0 Å². The molecule has 0 saturated carbocycles. The molecule has 1 aromatic carbocycles. The van der Waals surface area contributed by atoms with Gasteiger partial charge in [0.25, 0.3) is 5.91 Å². The number of hydrogen-bond donors (Lipinski definition) is 2. The first kappa shape index (κ1) is 11.5. The summed E-state index contributed by atoms with van der Waals surface area (Å²) in [5.41, 5.74) is 7.64. The SMILES string of the molecule is C/C=C(\C)NNC(=O)c1cccc2nnsc12. The maximum Gasteiger partial charge on any atom is 0.271 e. The first-order valence-electron chi connectivity index (χ1n) is 5.12. The van der Waals surface area contributed by atoms with Gasteiger partial charge >= 0.3 is 0 Å². The Hall–Kier alpha value is -1.95. The Morgan fingerprint density at radius 1 is 1.41 bits per heavy atom. The standard InChI is InChI=1S/C11H12N4OS/c1-3-7(2)12-14-11(16)8-5-4-6-9-10(8)17-15-13-9/h3-6,12H,1-2H3,(H,14,16)/b7-3+. The van der Waals surface area contributed by atoms with Crippen LogP contribution in [0, 0.1) is 0 Å². The molecular weight excluding hydrogens is 236 g/mol. The molecule has 1 aromatic heterocycles. The average Bonchev–Trinajstić information content (AvgIpc) is 2.83. The van der Waals surface area contributed by atoms with Crippen molar-refractivity contribution in [2.24, 2.45) is 0 Å². The normalized spacial score (nSPS) is 11.5. The second kappa shape index (κ2) is 4.92. The van der Waals surface area contributed by atoms with E-state index in [4.69, 9.17) is 0 Å². The first-order valence-corrected chi connectivity index (χ1v) is 5.90. The van der Waals surface area contributed by atoms with Gasteiger partial charge in [0.2, 0.25) is 0 Å². The lowest BCUT2D eigenvalue weighted by molar-refractivity contribution is 0.0940. The molecule has 2 aromatic rings. The van der Waals surface area contributed by atoms with Crippen LogP contribution in [0.5, 0.6) is 0 Å². The molecule has 0 fully saturated rings. The highest BCUT2D eigenvalue weighted by atomic mass is 32.1. The van der Waals surface area contributed by atoms with Crippen LogP contribution >= 0.6 is 11.5 Å². The van der Waals surface area contributed by atoms with Crippen molar-refractivity contribution in [1.29, 1.82) is 0 Å². The molecule has 17 heavy (non-hydrogen) atoms. The molecule has 0 atom stereocenters. The molecule has 0 aliphatic carbocycles. The minimum absolute atomic E-state index is 0.192. The fourth-order valence-corrected chi connectivity index (χ4v) is 1.95. The van der Waals surface area contributed by atoms with E-state index < -0.39 is 0 Å². The quantitative estimate of drug-likeness (QED) is 0.813. The van der Waals surface area contributed by atoms with Gasteiger partial charge in [0, 0.05) is 5.70 Å². The Morgan fingerprint density at radius 3 is 3.00 bits per heavy atom.